The molecular weight excluding hydrogens is 306 g/mol. The topological polar surface area (TPSA) is 66.7 Å². The number of likely N-dealkylation sites (tertiary alicyclic amines) is 2. The highest BCUT2D eigenvalue weighted by Crippen LogP contribution is 2.32. The number of hydrogen-bond acceptors (Lipinski definition) is 4. The van der Waals surface area contributed by atoms with E-state index in [1.165, 1.54) is 0 Å². The van der Waals surface area contributed by atoms with E-state index < -0.39 is 0 Å². The fourth-order valence-electron chi connectivity index (χ4n) is 3.74. The highest BCUT2D eigenvalue weighted by molar-refractivity contribution is 5.93. The number of carbonyl (C=O) groups is 2. The molecular formula is C18H19N3O3. The van der Waals surface area contributed by atoms with E-state index in [2.05, 4.69) is 5.16 Å². The molecule has 6 heteroatoms. The van der Waals surface area contributed by atoms with Crippen molar-refractivity contribution in [3.63, 3.8) is 0 Å². The van der Waals surface area contributed by atoms with Crippen LogP contribution in [0.1, 0.15) is 23.3 Å². The van der Waals surface area contributed by atoms with Crippen molar-refractivity contribution in [2.24, 2.45) is 5.92 Å². The van der Waals surface area contributed by atoms with Gasteiger partial charge in [-0.05, 0) is 6.42 Å². The van der Waals surface area contributed by atoms with Crippen LogP contribution in [0, 0.1) is 5.92 Å². The Hall–Kier alpha value is -2.63. The van der Waals surface area contributed by atoms with Crippen molar-refractivity contribution in [2.45, 2.75) is 18.9 Å². The van der Waals surface area contributed by atoms with E-state index in [0.717, 1.165) is 12.0 Å². The van der Waals surface area contributed by atoms with Gasteiger partial charge in [-0.3, -0.25) is 9.59 Å². The number of amides is 2. The number of carbonyl (C=O) groups excluding carboxylic acids is 2. The van der Waals surface area contributed by atoms with Crippen LogP contribution in [0.25, 0.3) is 11.3 Å². The summed E-state index contributed by atoms with van der Waals surface area (Å²) in [6, 6.07) is 11.5. The predicted octanol–water partition coefficient (Wildman–Crippen LogP) is 2.03. The lowest BCUT2D eigenvalue weighted by molar-refractivity contribution is -0.127. The van der Waals surface area contributed by atoms with Gasteiger partial charge in [-0.1, -0.05) is 35.5 Å². The molecule has 6 nitrogen and oxygen atoms in total. The minimum absolute atomic E-state index is 0.124. The molecule has 2 fully saturated rings. The van der Waals surface area contributed by atoms with Gasteiger partial charge in [-0.15, -0.1) is 0 Å². The number of aromatic nitrogens is 1. The quantitative estimate of drug-likeness (QED) is 0.847. The molecule has 1 aromatic heterocycles. The average molecular weight is 325 g/mol. The number of piperidine rings is 1. The molecule has 0 unspecified atom stereocenters. The van der Waals surface area contributed by atoms with Crippen molar-refractivity contribution in [3.05, 3.63) is 42.1 Å². The molecule has 2 aliphatic heterocycles. The summed E-state index contributed by atoms with van der Waals surface area (Å²) in [4.78, 5) is 28.2. The van der Waals surface area contributed by atoms with Crippen LogP contribution in [-0.4, -0.2) is 52.9 Å². The summed E-state index contributed by atoms with van der Waals surface area (Å²) >= 11 is 0. The van der Waals surface area contributed by atoms with Crippen molar-refractivity contribution < 1.29 is 14.1 Å². The molecule has 2 amide bonds. The second-order valence-electron chi connectivity index (χ2n) is 6.52. The van der Waals surface area contributed by atoms with Crippen LogP contribution in [0.15, 0.2) is 40.9 Å². The second kappa shape index (κ2) is 5.78. The summed E-state index contributed by atoms with van der Waals surface area (Å²) in [5.74, 6) is 0.860. The van der Waals surface area contributed by atoms with Gasteiger partial charge in [-0.25, -0.2) is 0 Å². The van der Waals surface area contributed by atoms with E-state index >= 15 is 0 Å². The highest BCUT2D eigenvalue weighted by atomic mass is 16.5. The molecule has 2 atom stereocenters. The minimum Gasteiger partial charge on any atom is -0.355 e. The summed E-state index contributed by atoms with van der Waals surface area (Å²) < 4.78 is 5.32. The number of nitrogens with zero attached hydrogens (tertiary/aromatic N) is 3. The lowest BCUT2D eigenvalue weighted by Gasteiger charge is -2.36. The van der Waals surface area contributed by atoms with Gasteiger partial charge in [0.2, 0.25) is 5.91 Å². The van der Waals surface area contributed by atoms with Crippen LogP contribution in [-0.2, 0) is 4.79 Å². The maximum absolute atomic E-state index is 12.7. The third-order valence-corrected chi connectivity index (χ3v) is 5.10. The van der Waals surface area contributed by atoms with Gasteiger partial charge in [0.15, 0.2) is 11.5 Å². The smallest absolute Gasteiger partial charge is 0.276 e. The molecule has 124 valence electrons. The summed E-state index contributed by atoms with van der Waals surface area (Å²) in [5, 5.41) is 3.94. The fourth-order valence-corrected chi connectivity index (χ4v) is 3.74. The van der Waals surface area contributed by atoms with E-state index in [4.69, 9.17) is 4.52 Å². The SMILES string of the molecule is CN1C(=O)C[C@@H]2CN(C(=O)c3cc(-c4ccccc4)on3)CC[C@@H]21. The molecule has 0 N–H and O–H groups in total. The maximum Gasteiger partial charge on any atom is 0.276 e. The lowest BCUT2D eigenvalue weighted by Crippen LogP contribution is -2.47. The molecule has 0 bridgehead atoms. The number of rotatable bonds is 2. The Morgan fingerprint density at radius 2 is 2.08 bits per heavy atom. The first kappa shape index (κ1) is 14.9. The van der Waals surface area contributed by atoms with Crippen LogP contribution in [0.5, 0.6) is 0 Å². The Labute approximate surface area is 140 Å². The van der Waals surface area contributed by atoms with Gasteiger partial charge in [-0.2, -0.15) is 0 Å². The monoisotopic (exact) mass is 325 g/mol. The molecule has 2 saturated heterocycles. The molecule has 1 aromatic carbocycles. The van der Waals surface area contributed by atoms with E-state index in [-0.39, 0.29) is 23.8 Å². The maximum atomic E-state index is 12.7. The average Bonchev–Trinajstić information content (AvgIpc) is 3.21. The van der Waals surface area contributed by atoms with Crippen LogP contribution >= 0.6 is 0 Å². The van der Waals surface area contributed by atoms with Crippen molar-refractivity contribution in [2.75, 3.05) is 20.1 Å². The van der Waals surface area contributed by atoms with Gasteiger partial charge in [0.1, 0.15) is 0 Å². The first-order chi connectivity index (χ1) is 11.6. The van der Waals surface area contributed by atoms with Gasteiger partial charge in [0.05, 0.1) is 0 Å². The first-order valence-electron chi connectivity index (χ1n) is 8.20. The van der Waals surface area contributed by atoms with E-state index in [1.807, 2.05) is 42.3 Å². The molecule has 0 saturated carbocycles. The molecule has 3 heterocycles. The van der Waals surface area contributed by atoms with Crippen molar-refractivity contribution in [1.29, 1.82) is 0 Å². The zero-order valence-corrected chi connectivity index (χ0v) is 13.5. The zero-order valence-electron chi connectivity index (χ0n) is 13.5. The van der Waals surface area contributed by atoms with Crippen LogP contribution in [0.4, 0.5) is 0 Å². The molecule has 0 spiro atoms. The van der Waals surface area contributed by atoms with E-state index in [1.54, 1.807) is 11.0 Å². The molecule has 0 radical (unpaired) electrons. The summed E-state index contributed by atoms with van der Waals surface area (Å²) in [6.07, 6.45) is 1.35. The third kappa shape index (κ3) is 2.48. The summed E-state index contributed by atoms with van der Waals surface area (Å²) in [7, 11) is 1.86. The third-order valence-electron chi connectivity index (χ3n) is 5.10. The summed E-state index contributed by atoms with van der Waals surface area (Å²) in [5.41, 5.74) is 1.22. The molecule has 0 aliphatic carbocycles. The van der Waals surface area contributed by atoms with Crippen LogP contribution in [0.2, 0.25) is 0 Å². The van der Waals surface area contributed by atoms with E-state index in [9.17, 15) is 9.59 Å². The van der Waals surface area contributed by atoms with Gasteiger partial charge in [0, 0.05) is 50.1 Å². The van der Waals surface area contributed by atoms with Crippen molar-refractivity contribution >= 4 is 11.8 Å². The normalized spacial score (nSPS) is 23.5. The Morgan fingerprint density at radius 1 is 1.29 bits per heavy atom. The van der Waals surface area contributed by atoms with Gasteiger partial charge < -0.3 is 14.3 Å². The molecule has 2 aromatic rings. The zero-order chi connectivity index (χ0) is 16.7. The first-order valence-corrected chi connectivity index (χ1v) is 8.20. The Morgan fingerprint density at radius 3 is 2.88 bits per heavy atom. The number of benzene rings is 1. The lowest BCUT2D eigenvalue weighted by atomic mass is 9.92. The van der Waals surface area contributed by atoms with Crippen molar-refractivity contribution in [1.82, 2.24) is 15.0 Å². The standard InChI is InChI=1S/C18H19N3O3/c1-20-15-7-8-21(11-13(15)9-17(20)22)18(23)14-10-16(24-19-14)12-5-3-2-4-6-12/h2-6,10,13,15H,7-9,11H2,1H3/t13-,15+/m1/s1. The van der Waals surface area contributed by atoms with Crippen molar-refractivity contribution in [3.8, 4) is 11.3 Å². The minimum atomic E-state index is -0.124. The number of hydrogen-bond donors (Lipinski definition) is 0. The number of fused-ring (bicyclic) bond motifs is 1. The second-order valence-corrected chi connectivity index (χ2v) is 6.52. The Balaban J connectivity index is 1.49. The van der Waals surface area contributed by atoms with Crippen LogP contribution in [0.3, 0.4) is 0 Å². The largest absolute Gasteiger partial charge is 0.355 e. The van der Waals surface area contributed by atoms with E-state index in [0.29, 0.717) is 31.0 Å². The Kier molecular flexibility index (Phi) is 3.59. The molecule has 2 aliphatic rings. The van der Waals surface area contributed by atoms with Gasteiger partial charge >= 0.3 is 0 Å². The van der Waals surface area contributed by atoms with Gasteiger partial charge in [0.25, 0.3) is 5.91 Å². The highest BCUT2D eigenvalue weighted by Gasteiger charge is 2.42. The fraction of sp³-hybridized carbons (Fsp3) is 0.389. The predicted molar refractivity (Wildman–Crippen MR) is 87.1 cm³/mol. The molecule has 24 heavy (non-hydrogen) atoms. The van der Waals surface area contributed by atoms with Crippen LogP contribution < -0.4 is 0 Å². The molecule has 4 rings (SSSR count). The Bertz CT molecular complexity index is 771. The summed E-state index contributed by atoms with van der Waals surface area (Å²) in [6.45, 7) is 1.25.